The van der Waals surface area contributed by atoms with Gasteiger partial charge in [-0.15, -0.1) is 0 Å². The molecule has 0 radical (unpaired) electrons. The zero-order valence-electron chi connectivity index (χ0n) is 12.2. The van der Waals surface area contributed by atoms with Crippen LogP contribution in [0.25, 0.3) is 0 Å². The lowest BCUT2D eigenvalue weighted by molar-refractivity contribution is -0.0658. The second kappa shape index (κ2) is 6.61. The van der Waals surface area contributed by atoms with E-state index in [2.05, 4.69) is 27.1 Å². The summed E-state index contributed by atoms with van der Waals surface area (Å²) in [6.07, 6.45) is 9.20. The van der Waals surface area contributed by atoms with Crippen LogP contribution in [0.4, 0.5) is 0 Å². The molecule has 5 nitrogen and oxygen atoms in total. The summed E-state index contributed by atoms with van der Waals surface area (Å²) >= 11 is 0. The van der Waals surface area contributed by atoms with Crippen LogP contribution in [0, 0.1) is 0 Å². The van der Waals surface area contributed by atoms with Crippen molar-refractivity contribution in [2.75, 3.05) is 26.2 Å². The van der Waals surface area contributed by atoms with E-state index >= 15 is 0 Å². The molecule has 0 aliphatic carbocycles. The molecular formula is C15H24N4O. The SMILES string of the molecule is CCCNC(c1cnccn1)C1CN2CCCC2CO1. The molecule has 0 saturated carbocycles. The molecule has 3 unspecified atom stereocenters. The number of hydrogen-bond donors (Lipinski definition) is 1. The van der Waals surface area contributed by atoms with Gasteiger partial charge in [-0.2, -0.15) is 0 Å². The van der Waals surface area contributed by atoms with E-state index in [0.717, 1.165) is 31.8 Å². The summed E-state index contributed by atoms with van der Waals surface area (Å²) in [4.78, 5) is 11.2. The molecule has 0 amide bonds. The smallest absolute Gasteiger partial charge is 0.0913 e. The van der Waals surface area contributed by atoms with E-state index in [1.54, 1.807) is 12.4 Å². The minimum absolute atomic E-state index is 0.144. The van der Waals surface area contributed by atoms with Crippen molar-refractivity contribution in [1.29, 1.82) is 0 Å². The number of nitrogens with one attached hydrogen (secondary N) is 1. The summed E-state index contributed by atoms with van der Waals surface area (Å²) in [5.74, 6) is 0. The van der Waals surface area contributed by atoms with Crippen LogP contribution in [0.1, 0.15) is 37.9 Å². The lowest BCUT2D eigenvalue weighted by atomic mass is 10.0. The maximum atomic E-state index is 6.13. The third kappa shape index (κ3) is 3.00. The maximum Gasteiger partial charge on any atom is 0.0913 e. The first-order valence-corrected chi connectivity index (χ1v) is 7.73. The van der Waals surface area contributed by atoms with Crippen molar-refractivity contribution in [3.63, 3.8) is 0 Å². The van der Waals surface area contributed by atoms with E-state index < -0.39 is 0 Å². The molecule has 20 heavy (non-hydrogen) atoms. The molecule has 3 rings (SSSR count). The molecule has 2 fully saturated rings. The van der Waals surface area contributed by atoms with Crippen LogP contribution < -0.4 is 5.32 Å². The molecule has 0 bridgehead atoms. The van der Waals surface area contributed by atoms with Crippen LogP contribution in [-0.2, 0) is 4.74 Å². The average molecular weight is 276 g/mol. The van der Waals surface area contributed by atoms with E-state index in [-0.39, 0.29) is 12.1 Å². The van der Waals surface area contributed by atoms with Crippen LogP contribution in [0.5, 0.6) is 0 Å². The van der Waals surface area contributed by atoms with Gasteiger partial charge in [-0.05, 0) is 32.4 Å². The highest BCUT2D eigenvalue weighted by atomic mass is 16.5. The minimum Gasteiger partial charge on any atom is -0.373 e. The first-order chi connectivity index (χ1) is 9.88. The Morgan fingerprint density at radius 2 is 2.45 bits per heavy atom. The Balaban J connectivity index is 1.72. The molecule has 5 heteroatoms. The van der Waals surface area contributed by atoms with Crippen LogP contribution in [0.15, 0.2) is 18.6 Å². The van der Waals surface area contributed by atoms with Crippen molar-refractivity contribution in [1.82, 2.24) is 20.2 Å². The standard InChI is InChI=1S/C15H24N4O/c1-2-5-18-15(13-9-16-6-7-17-13)14-10-19-8-3-4-12(19)11-20-14/h6-7,9,12,14-15,18H,2-5,8,10-11H2,1H3. The van der Waals surface area contributed by atoms with Gasteiger partial charge in [0.15, 0.2) is 0 Å². The topological polar surface area (TPSA) is 50.3 Å². The van der Waals surface area contributed by atoms with Gasteiger partial charge in [-0.3, -0.25) is 14.9 Å². The number of aromatic nitrogens is 2. The largest absolute Gasteiger partial charge is 0.373 e. The van der Waals surface area contributed by atoms with Crippen molar-refractivity contribution in [2.45, 2.75) is 44.4 Å². The van der Waals surface area contributed by atoms with E-state index in [4.69, 9.17) is 4.74 Å². The van der Waals surface area contributed by atoms with Crippen molar-refractivity contribution < 1.29 is 4.74 Å². The van der Waals surface area contributed by atoms with Crippen molar-refractivity contribution in [2.24, 2.45) is 0 Å². The Hall–Kier alpha value is -1.04. The molecule has 1 aromatic rings. The lowest BCUT2D eigenvalue weighted by Crippen LogP contribution is -2.51. The Bertz CT molecular complexity index is 414. The highest BCUT2D eigenvalue weighted by Crippen LogP contribution is 2.27. The number of rotatable bonds is 5. The van der Waals surface area contributed by atoms with Gasteiger partial charge in [-0.1, -0.05) is 6.92 Å². The van der Waals surface area contributed by atoms with Gasteiger partial charge >= 0.3 is 0 Å². The van der Waals surface area contributed by atoms with Crippen LogP contribution >= 0.6 is 0 Å². The fourth-order valence-electron chi connectivity index (χ4n) is 3.24. The minimum atomic E-state index is 0.144. The van der Waals surface area contributed by atoms with Crippen molar-refractivity contribution in [3.8, 4) is 0 Å². The maximum absolute atomic E-state index is 6.13. The van der Waals surface area contributed by atoms with E-state index in [1.807, 2.05) is 6.20 Å². The van der Waals surface area contributed by atoms with E-state index in [1.165, 1.54) is 19.4 Å². The highest BCUT2D eigenvalue weighted by Gasteiger charge is 2.36. The second-order valence-corrected chi connectivity index (χ2v) is 5.72. The van der Waals surface area contributed by atoms with Gasteiger partial charge < -0.3 is 10.1 Å². The average Bonchev–Trinajstić information content (AvgIpc) is 2.96. The number of ether oxygens (including phenoxy) is 1. The fourth-order valence-corrected chi connectivity index (χ4v) is 3.24. The summed E-state index contributed by atoms with van der Waals surface area (Å²) in [5.41, 5.74) is 0.989. The predicted octanol–water partition coefficient (Wildman–Crippen LogP) is 1.38. The van der Waals surface area contributed by atoms with Crippen LogP contribution in [-0.4, -0.2) is 53.3 Å². The summed E-state index contributed by atoms with van der Waals surface area (Å²) in [7, 11) is 0. The summed E-state index contributed by atoms with van der Waals surface area (Å²) < 4.78 is 6.13. The van der Waals surface area contributed by atoms with Gasteiger partial charge in [0.1, 0.15) is 0 Å². The Morgan fingerprint density at radius 3 is 3.25 bits per heavy atom. The zero-order chi connectivity index (χ0) is 13.8. The molecule has 110 valence electrons. The van der Waals surface area contributed by atoms with Crippen LogP contribution in [0.3, 0.4) is 0 Å². The number of hydrogen-bond acceptors (Lipinski definition) is 5. The summed E-state index contributed by atoms with van der Waals surface area (Å²) in [6, 6.07) is 0.783. The summed E-state index contributed by atoms with van der Waals surface area (Å²) in [6.45, 7) is 6.23. The molecule has 2 aliphatic heterocycles. The molecule has 0 spiro atoms. The molecular weight excluding hydrogens is 252 g/mol. The van der Waals surface area contributed by atoms with Crippen molar-refractivity contribution in [3.05, 3.63) is 24.3 Å². The quantitative estimate of drug-likeness (QED) is 0.880. The van der Waals surface area contributed by atoms with E-state index in [9.17, 15) is 0 Å². The van der Waals surface area contributed by atoms with Crippen molar-refractivity contribution >= 4 is 0 Å². The van der Waals surface area contributed by atoms with E-state index in [0.29, 0.717) is 6.04 Å². The van der Waals surface area contributed by atoms with Gasteiger partial charge in [-0.25, -0.2) is 0 Å². The molecule has 3 heterocycles. The van der Waals surface area contributed by atoms with Gasteiger partial charge in [0, 0.05) is 25.0 Å². The molecule has 1 aromatic heterocycles. The lowest BCUT2D eigenvalue weighted by Gasteiger charge is -2.38. The third-order valence-electron chi connectivity index (χ3n) is 4.30. The zero-order valence-corrected chi connectivity index (χ0v) is 12.2. The second-order valence-electron chi connectivity index (χ2n) is 5.72. The van der Waals surface area contributed by atoms with Gasteiger partial charge in [0.05, 0.1) is 30.6 Å². The predicted molar refractivity (Wildman–Crippen MR) is 77.4 cm³/mol. The Labute approximate surface area is 120 Å². The monoisotopic (exact) mass is 276 g/mol. The third-order valence-corrected chi connectivity index (χ3v) is 4.30. The van der Waals surface area contributed by atoms with Crippen LogP contribution in [0.2, 0.25) is 0 Å². The first kappa shape index (κ1) is 13.9. The molecule has 2 saturated heterocycles. The first-order valence-electron chi connectivity index (χ1n) is 7.73. The fraction of sp³-hybridized carbons (Fsp3) is 0.733. The molecule has 1 N–H and O–H groups in total. The molecule has 0 aromatic carbocycles. The summed E-state index contributed by atoms with van der Waals surface area (Å²) in [5, 5.41) is 3.58. The molecule has 2 aliphatic rings. The number of nitrogens with zero attached hydrogens (tertiary/aromatic N) is 3. The van der Waals surface area contributed by atoms with Gasteiger partial charge in [0.2, 0.25) is 0 Å². The number of fused-ring (bicyclic) bond motifs is 1. The van der Waals surface area contributed by atoms with Gasteiger partial charge in [0.25, 0.3) is 0 Å². The molecule has 3 atom stereocenters. The Morgan fingerprint density at radius 1 is 1.50 bits per heavy atom. The number of morpholine rings is 1. The normalized spacial score (nSPS) is 28.2. The Kier molecular flexibility index (Phi) is 4.60. The highest BCUT2D eigenvalue weighted by molar-refractivity contribution is 5.07.